The largest absolute Gasteiger partial charge is 0.469 e. The van der Waals surface area contributed by atoms with Crippen LogP contribution in [0.2, 0.25) is 5.02 Å². The molecule has 0 saturated carbocycles. The van der Waals surface area contributed by atoms with Gasteiger partial charge < -0.3 is 10.5 Å². The van der Waals surface area contributed by atoms with Crippen molar-refractivity contribution in [2.75, 3.05) is 7.11 Å². The van der Waals surface area contributed by atoms with Gasteiger partial charge in [0.05, 0.1) is 13.5 Å². The molecule has 0 radical (unpaired) electrons. The highest BCUT2D eigenvalue weighted by atomic mass is 35.5. The zero-order valence-corrected chi connectivity index (χ0v) is 9.33. The molecule has 0 heterocycles. The van der Waals surface area contributed by atoms with Crippen molar-refractivity contribution in [3.63, 3.8) is 0 Å². The van der Waals surface area contributed by atoms with E-state index in [0.29, 0.717) is 11.4 Å². The first-order valence-electron chi connectivity index (χ1n) is 4.68. The summed E-state index contributed by atoms with van der Waals surface area (Å²) in [5, 5.41) is 0.695. The Kier molecular flexibility index (Phi) is 4.59. The Morgan fingerprint density at radius 2 is 2.07 bits per heavy atom. The fraction of sp³-hybridized carbons (Fsp3) is 0.364. The summed E-state index contributed by atoms with van der Waals surface area (Å²) in [6.07, 6.45) is 0.880. The van der Waals surface area contributed by atoms with Gasteiger partial charge in [-0.15, -0.1) is 0 Å². The summed E-state index contributed by atoms with van der Waals surface area (Å²) < 4.78 is 4.54. The molecular weight excluding hydrogens is 214 g/mol. The van der Waals surface area contributed by atoms with Crippen molar-refractivity contribution in [1.82, 2.24) is 0 Å². The van der Waals surface area contributed by atoms with Crippen molar-refractivity contribution >= 4 is 17.6 Å². The average molecular weight is 228 g/mol. The molecule has 0 aliphatic carbocycles. The number of methoxy groups -OCH3 is 1. The first kappa shape index (κ1) is 12.0. The van der Waals surface area contributed by atoms with Crippen LogP contribution in [-0.4, -0.2) is 19.1 Å². The second-order valence-corrected chi connectivity index (χ2v) is 3.81. The van der Waals surface area contributed by atoms with E-state index >= 15 is 0 Å². The summed E-state index contributed by atoms with van der Waals surface area (Å²) in [4.78, 5) is 10.9. The third kappa shape index (κ3) is 4.32. The van der Waals surface area contributed by atoms with Crippen molar-refractivity contribution in [3.05, 3.63) is 34.9 Å². The van der Waals surface area contributed by atoms with E-state index in [1.807, 2.05) is 24.3 Å². The number of halogens is 1. The third-order valence-corrected chi connectivity index (χ3v) is 2.32. The van der Waals surface area contributed by atoms with E-state index in [1.165, 1.54) is 7.11 Å². The highest BCUT2D eigenvalue weighted by molar-refractivity contribution is 6.30. The normalized spacial score (nSPS) is 12.2. The average Bonchev–Trinajstić information content (AvgIpc) is 2.21. The van der Waals surface area contributed by atoms with Gasteiger partial charge in [0, 0.05) is 11.1 Å². The molecule has 0 fully saturated rings. The number of carbonyl (C=O) groups is 1. The zero-order chi connectivity index (χ0) is 11.3. The van der Waals surface area contributed by atoms with Crippen molar-refractivity contribution < 1.29 is 9.53 Å². The van der Waals surface area contributed by atoms with E-state index in [4.69, 9.17) is 17.3 Å². The molecule has 2 N–H and O–H groups in total. The first-order valence-corrected chi connectivity index (χ1v) is 5.06. The van der Waals surface area contributed by atoms with Gasteiger partial charge in [-0.05, 0) is 24.1 Å². The highest BCUT2D eigenvalue weighted by Gasteiger charge is 2.09. The third-order valence-electron chi connectivity index (χ3n) is 2.07. The topological polar surface area (TPSA) is 52.3 Å². The molecule has 15 heavy (non-hydrogen) atoms. The number of rotatable bonds is 4. The molecule has 4 heteroatoms. The van der Waals surface area contributed by atoms with Crippen molar-refractivity contribution in [1.29, 1.82) is 0 Å². The summed E-state index contributed by atoms with van der Waals surface area (Å²) in [5.74, 6) is -0.281. The fourth-order valence-corrected chi connectivity index (χ4v) is 1.42. The predicted octanol–water partition coefficient (Wildman–Crippen LogP) is 1.77. The van der Waals surface area contributed by atoms with E-state index in [1.54, 1.807) is 0 Å². The van der Waals surface area contributed by atoms with Gasteiger partial charge in [0.2, 0.25) is 0 Å². The maximum absolute atomic E-state index is 10.9. The minimum Gasteiger partial charge on any atom is -0.469 e. The van der Waals surface area contributed by atoms with Crippen LogP contribution in [0.4, 0.5) is 0 Å². The monoisotopic (exact) mass is 227 g/mol. The molecule has 0 saturated heterocycles. The second kappa shape index (κ2) is 5.73. The molecule has 0 aliphatic rings. The van der Waals surface area contributed by atoms with Crippen LogP contribution in [0.1, 0.15) is 12.0 Å². The molecule has 1 aromatic carbocycles. The maximum Gasteiger partial charge on any atom is 0.307 e. The van der Waals surface area contributed by atoms with Crippen LogP contribution in [0.5, 0.6) is 0 Å². The Hall–Kier alpha value is -1.06. The lowest BCUT2D eigenvalue weighted by Gasteiger charge is -2.09. The SMILES string of the molecule is COC(=O)C[C@H](N)Cc1ccc(Cl)cc1. The Morgan fingerprint density at radius 3 is 2.60 bits per heavy atom. The van der Waals surface area contributed by atoms with Gasteiger partial charge in [-0.25, -0.2) is 0 Å². The quantitative estimate of drug-likeness (QED) is 0.798. The molecule has 1 aromatic rings. The summed E-state index contributed by atoms with van der Waals surface area (Å²) in [7, 11) is 1.36. The van der Waals surface area contributed by atoms with Crippen LogP contribution in [0, 0.1) is 0 Å². The lowest BCUT2D eigenvalue weighted by Crippen LogP contribution is -2.26. The van der Waals surface area contributed by atoms with E-state index in [0.717, 1.165) is 5.56 Å². The lowest BCUT2D eigenvalue weighted by atomic mass is 10.0. The molecule has 0 bridgehead atoms. The van der Waals surface area contributed by atoms with Gasteiger partial charge in [-0.1, -0.05) is 23.7 Å². The van der Waals surface area contributed by atoms with Gasteiger partial charge >= 0.3 is 5.97 Å². The zero-order valence-electron chi connectivity index (χ0n) is 8.57. The minimum atomic E-state index is -0.281. The number of nitrogens with two attached hydrogens (primary N) is 1. The summed E-state index contributed by atoms with van der Waals surface area (Å²) in [5.41, 5.74) is 6.85. The molecule has 82 valence electrons. The molecule has 0 spiro atoms. The molecule has 1 atom stereocenters. The van der Waals surface area contributed by atoms with E-state index in [2.05, 4.69) is 4.74 Å². The van der Waals surface area contributed by atoms with Crippen LogP contribution in [0.15, 0.2) is 24.3 Å². The van der Waals surface area contributed by atoms with E-state index in [9.17, 15) is 4.79 Å². The number of esters is 1. The predicted molar refractivity (Wildman–Crippen MR) is 59.8 cm³/mol. The lowest BCUT2D eigenvalue weighted by molar-refractivity contribution is -0.140. The fourth-order valence-electron chi connectivity index (χ4n) is 1.29. The Labute approximate surface area is 94.2 Å². The smallest absolute Gasteiger partial charge is 0.307 e. The summed E-state index contributed by atoms with van der Waals surface area (Å²) >= 11 is 5.75. The molecule has 1 rings (SSSR count). The van der Waals surface area contributed by atoms with Gasteiger partial charge in [0.1, 0.15) is 0 Å². The molecular formula is C11H14ClNO2. The standard InChI is InChI=1S/C11H14ClNO2/c1-15-11(14)7-10(13)6-8-2-4-9(12)5-3-8/h2-5,10H,6-7,13H2,1H3/t10-/m1/s1. The van der Waals surface area contributed by atoms with Crippen LogP contribution < -0.4 is 5.73 Å². The summed E-state index contributed by atoms with van der Waals surface area (Å²) in [6.45, 7) is 0. The van der Waals surface area contributed by atoms with Crippen molar-refractivity contribution in [2.24, 2.45) is 5.73 Å². The van der Waals surface area contributed by atoms with Crippen LogP contribution in [0.25, 0.3) is 0 Å². The number of hydrogen-bond acceptors (Lipinski definition) is 3. The molecule has 0 amide bonds. The van der Waals surface area contributed by atoms with Gasteiger partial charge in [-0.3, -0.25) is 4.79 Å². The Morgan fingerprint density at radius 1 is 1.47 bits per heavy atom. The van der Waals surface area contributed by atoms with Crippen LogP contribution in [0.3, 0.4) is 0 Å². The number of benzene rings is 1. The number of hydrogen-bond donors (Lipinski definition) is 1. The van der Waals surface area contributed by atoms with Gasteiger partial charge in [0.15, 0.2) is 0 Å². The molecule has 0 aliphatic heterocycles. The van der Waals surface area contributed by atoms with E-state index in [-0.39, 0.29) is 18.4 Å². The maximum atomic E-state index is 10.9. The second-order valence-electron chi connectivity index (χ2n) is 3.37. The first-order chi connectivity index (χ1) is 7.11. The minimum absolute atomic E-state index is 0.210. The molecule has 3 nitrogen and oxygen atoms in total. The number of ether oxygens (including phenoxy) is 1. The molecule has 0 aromatic heterocycles. The van der Waals surface area contributed by atoms with Crippen LogP contribution in [-0.2, 0) is 16.0 Å². The van der Waals surface area contributed by atoms with Crippen LogP contribution >= 0.6 is 11.6 Å². The van der Waals surface area contributed by atoms with Crippen molar-refractivity contribution in [2.45, 2.75) is 18.9 Å². The summed E-state index contributed by atoms with van der Waals surface area (Å²) in [6, 6.07) is 7.21. The van der Waals surface area contributed by atoms with Gasteiger partial charge in [-0.2, -0.15) is 0 Å². The Balaban J connectivity index is 2.47. The number of carbonyl (C=O) groups excluding carboxylic acids is 1. The van der Waals surface area contributed by atoms with Gasteiger partial charge in [0.25, 0.3) is 0 Å². The highest BCUT2D eigenvalue weighted by Crippen LogP contribution is 2.11. The van der Waals surface area contributed by atoms with Crippen molar-refractivity contribution in [3.8, 4) is 0 Å². The molecule has 0 unspecified atom stereocenters. The van der Waals surface area contributed by atoms with E-state index < -0.39 is 0 Å². The Bertz CT molecular complexity index is 324.